The van der Waals surface area contributed by atoms with Crippen LogP contribution in [-0.2, 0) is 6.54 Å². The number of hydrogen-bond donors (Lipinski definition) is 1. The Morgan fingerprint density at radius 2 is 1.90 bits per heavy atom. The molecule has 114 valence electrons. The Labute approximate surface area is 138 Å². The van der Waals surface area contributed by atoms with Crippen LogP contribution in [0.3, 0.4) is 0 Å². The summed E-state index contributed by atoms with van der Waals surface area (Å²) in [7, 11) is 2.00. The lowest BCUT2D eigenvalue weighted by Crippen LogP contribution is -2.38. The van der Waals surface area contributed by atoms with Crippen LogP contribution in [0.15, 0.2) is 29.3 Å². The van der Waals surface area contributed by atoms with E-state index in [1.54, 1.807) is 12.1 Å². The lowest BCUT2D eigenvalue weighted by atomic mass is 10.2. The molecule has 1 N–H and O–H groups in total. The molecule has 0 aliphatic carbocycles. The fourth-order valence-corrected chi connectivity index (χ4v) is 1.75. The van der Waals surface area contributed by atoms with E-state index < -0.39 is 0 Å². The number of nitrogens with one attached hydrogen (secondary N) is 1. The first-order valence-corrected chi connectivity index (χ1v) is 6.91. The van der Waals surface area contributed by atoms with Crippen LogP contribution in [0, 0.1) is 5.82 Å². The molecular formula is C15H25FIN3. The fraction of sp³-hybridized carbons (Fsp3) is 0.533. The monoisotopic (exact) mass is 393 g/mol. The van der Waals surface area contributed by atoms with Crippen LogP contribution in [0.5, 0.6) is 0 Å². The molecule has 0 radical (unpaired) electrons. The normalized spacial score (nSPS) is 10.9. The maximum atomic E-state index is 12.9. The van der Waals surface area contributed by atoms with E-state index >= 15 is 0 Å². The smallest absolute Gasteiger partial charge is 0.193 e. The van der Waals surface area contributed by atoms with Crippen LogP contribution >= 0.6 is 24.0 Å². The first kappa shape index (κ1) is 19.1. The topological polar surface area (TPSA) is 27.6 Å². The number of guanidine groups is 1. The SMILES string of the molecule is CCCCN=C(NCC)N(C)Cc1ccc(F)cc1.I. The number of nitrogens with zero attached hydrogens (tertiary/aromatic N) is 2. The van der Waals surface area contributed by atoms with Gasteiger partial charge in [0.1, 0.15) is 5.82 Å². The third-order valence-corrected chi connectivity index (χ3v) is 2.80. The van der Waals surface area contributed by atoms with Crippen LogP contribution in [0.25, 0.3) is 0 Å². The minimum Gasteiger partial charge on any atom is -0.357 e. The van der Waals surface area contributed by atoms with Crippen molar-refractivity contribution >= 4 is 29.9 Å². The van der Waals surface area contributed by atoms with E-state index in [1.807, 2.05) is 7.05 Å². The van der Waals surface area contributed by atoms with Crippen molar-refractivity contribution in [3.63, 3.8) is 0 Å². The molecule has 0 aliphatic heterocycles. The molecule has 5 heteroatoms. The van der Waals surface area contributed by atoms with Crippen LogP contribution in [0.4, 0.5) is 4.39 Å². The molecule has 1 aromatic rings. The van der Waals surface area contributed by atoms with Crippen molar-refractivity contribution in [2.24, 2.45) is 4.99 Å². The molecule has 0 heterocycles. The van der Waals surface area contributed by atoms with Crippen molar-refractivity contribution in [2.45, 2.75) is 33.2 Å². The van der Waals surface area contributed by atoms with E-state index in [-0.39, 0.29) is 29.8 Å². The second kappa shape index (κ2) is 10.9. The van der Waals surface area contributed by atoms with Gasteiger partial charge >= 0.3 is 0 Å². The van der Waals surface area contributed by atoms with Crippen molar-refractivity contribution in [1.29, 1.82) is 0 Å². The number of aliphatic imine (C=N–C) groups is 1. The summed E-state index contributed by atoms with van der Waals surface area (Å²) in [6, 6.07) is 6.59. The molecule has 0 aliphatic rings. The van der Waals surface area contributed by atoms with Gasteiger partial charge in [-0.25, -0.2) is 4.39 Å². The molecule has 0 aromatic heterocycles. The Balaban J connectivity index is 0.00000361. The van der Waals surface area contributed by atoms with Gasteiger partial charge in [0, 0.05) is 26.7 Å². The highest BCUT2D eigenvalue weighted by molar-refractivity contribution is 14.0. The Hall–Kier alpha value is -0.850. The summed E-state index contributed by atoms with van der Waals surface area (Å²) in [5.74, 6) is 0.704. The number of unbranched alkanes of at least 4 members (excludes halogenated alkanes) is 1. The average Bonchev–Trinajstić information content (AvgIpc) is 2.40. The quantitative estimate of drug-likeness (QED) is 0.346. The number of halogens is 2. The summed E-state index contributed by atoms with van der Waals surface area (Å²) >= 11 is 0. The molecule has 3 nitrogen and oxygen atoms in total. The second-order valence-electron chi connectivity index (χ2n) is 4.57. The zero-order valence-electron chi connectivity index (χ0n) is 12.5. The number of hydrogen-bond acceptors (Lipinski definition) is 1. The van der Waals surface area contributed by atoms with Gasteiger partial charge in [-0.2, -0.15) is 0 Å². The molecule has 0 saturated carbocycles. The highest BCUT2D eigenvalue weighted by atomic mass is 127. The minimum absolute atomic E-state index is 0. The van der Waals surface area contributed by atoms with Crippen molar-refractivity contribution in [1.82, 2.24) is 10.2 Å². The van der Waals surface area contributed by atoms with Crippen molar-refractivity contribution < 1.29 is 4.39 Å². The molecule has 1 aromatic carbocycles. The fourth-order valence-electron chi connectivity index (χ4n) is 1.75. The second-order valence-corrected chi connectivity index (χ2v) is 4.57. The predicted octanol–water partition coefficient (Wildman–Crippen LogP) is 3.64. The van der Waals surface area contributed by atoms with Gasteiger partial charge in [-0.15, -0.1) is 24.0 Å². The molecular weight excluding hydrogens is 368 g/mol. The average molecular weight is 393 g/mol. The van der Waals surface area contributed by atoms with Crippen molar-refractivity contribution in [2.75, 3.05) is 20.1 Å². The highest BCUT2D eigenvalue weighted by Crippen LogP contribution is 2.05. The molecule has 0 bridgehead atoms. The molecule has 0 saturated heterocycles. The van der Waals surface area contributed by atoms with E-state index in [9.17, 15) is 4.39 Å². The van der Waals surface area contributed by atoms with Crippen LogP contribution in [-0.4, -0.2) is 31.0 Å². The Morgan fingerprint density at radius 3 is 2.45 bits per heavy atom. The molecule has 1 rings (SSSR count). The van der Waals surface area contributed by atoms with Crippen LogP contribution in [0.1, 0.15) is 32.3 Å². The highest BCUT2D eigenvalue weighted by Gasteiger charge is 2.06. The summed E-state index contributed by atoms with van der Waals surface area (Å²) in [4.78, 5) is 6.64. The van der Waals surface area contributed by atoms with Gasteiger partial charge in [-0.1, -0.05) is 25.5 Å². The maximum Gasteiger partial charge on any atom is 0.193 e. The van der Waals surface area contributed by atoms with Crippen LogP contribution < -0.4 is 5.32 Å². The molecule has 20 heavy (non-hydrogen) atoms. The van der Waals surface area contributed by atoms with Gasteiger partial charge in [0.2, 0.25) is 0 Å². The molecule has 0 spiro atoms. The largest absolute Gasteiger partial charge is 0.357 e. The van der Waals surface area contributed by atoms with Gasteiger partial charge in [0.25, 0.3) is 0 Å². The first-order chi connectivity index (χ1) is 9.17. The Kier molecular flexibility index (Phi) is 10.4. The maximum absolute atomic E-state index is 12.9. The van der Waals surface area contributed by atoms with E-state index in [0.29, 0.717) is 0 Å². The summed E-state index contributed by atoms with van der Waals surface area (Å²) < 4.78 is 12.9. The zero-order valence-corrected chi connectivity index (χ0v) is 14.9. The molecule has 0 atom stereocenters. The van der Waals surface area contributed by atoms with Gasteiger partial charge in [0.15, 0.2) is 5.96 Å². The Bertz CT molecular complexity index is 393. The van der Waals surface area contributed by atoms with E-state index in [2.05, 4.69) is 29.1 Å². The third-order valence-electron chi connectivity index (χ3n) is 2.80. The van der Waals surface area contributed by atoms with E-state index in [1.165, 1.54) is 12.1 Å². The molecule has 0 unspecified atom stereocenters. The summed E-state index contributed by atoms with van der Waals surface area (Å²) in [6.07, 6.45) is 2.24. The molecule has 0 amide bonds. The lowest BCUT2D eigenvalue weighted by Gasteiger charge is -2.22. The summed E-state index contributed by atoms with van der Waals surface area (Å²) in [5, 5.41) is 3.27. The summed E-state index contributed by atoms with van der Waals surface area (Å²) in [6.45, 7) is 6.62. The van der Waals surface area contributed by atoms with E-state index in [4.69, 9.17) is 0 Å². The standard InChI is InChI=1S/C15H24FN3.HI/c1-4-6-11-18-15(17-5-2)19(3)12-13-7-9-14(16)10-8-13;/h7-10H,4-6,11-12H2,1-3H3,(H,17,18);1H. The van der Waals surface area contributed by atoms with Gasteiger partial charge in [0.05, 0.1) is 0 Å². The predicted molar refractivity (Wildman–Crippen MR) is 94.2 cm³/mol. The zero-order chi connectivity index (χ0) is 14.1. The van der Waals surface area contributed by atoms with Crippen molar-refractivity contribution in [3.8, 4) is 0 Å². The summed E-state index contributed by atoms with van der Waals surface area (Å²) in [5.41, 5.74) is 1.07. The first-order valence-electron chi connectivity index (χ1n) is 6.91. The van der Waals surface area contributed by atoms with Crippen molar-refractivity contribution in [3.05, 3.63) is 35.6 Å². The van der Waals surface area contributed by atoms with Gasteiger partial charge in [-0.3, -0.25) is 4.99 Å². The third kappa shape index (κ3) is 7.07. The lowest BCUT2D eigenvalue weighted by molar-refractivity contribution is 0.476. The number of benzene rings is 1. The van der Waals surface area contributed by atoms with Gasteiger partial charge in [-0.05, 0) is 31.0 Å². The Morgan fingerprint density at radius 1 is 1.25 bits per heavy atom. The van der Waals surface area contributed by atoms with Gasteiger partial charge < -0.3 is 10.2 Å². The minimum atomic E-state index is -0.199. The van der Waals surface area contributed by atoms with Crippen LogP contribution in [0.2, 0.25) is 0 Å². The molecule has 0 fully saturated rings. The van der Waals surface area contributed by atoms with E-state index in [0.717, 1.165) is 44.0 Å². The number of rotatable bonds is 6.